The highest BCUT2D eigenvalue weighted by molar-refractivity contribution is 5.93. The molecule has 2 heterocycles. The summed E-state index contributed by atoms with van der Waals surface area (Å²) in [6.45, 7) is 0. The second-order valence-electron chi connectivity index (χ2n) is 4.12. The molecule has 5 nitrogen and oxygen atoms in total. The summed E-state index contributed by atoms with van der Waals surface area (Å²) in [4.78, 5) is 18.8. The fourth-order valence-corrected chi connectivity index (χ4v) is 1.93. The molecule has 0 atom stereocenters. The van der Waals surface area contributed by atoms with E-state index in [9.17, 15) is 4.79 Å². The lowest BCUT2D eigenvalue weighted by Crippen LogP contribution is -1.92. The van der Waals surface area contributed by atoms with Gasteiger partial charge in [-0.05, 0) is 18.2 Å². The predicted molar refractivity (Wildman–Crippen MR) is 73.9 cm³/mol. The van der Waals surface area contributed by atoms with Crippen LogP contribution in [0, 0.1) is 0 Å². The van der Waals surface area contributed by atoms with E-state index in [4.69, 9.17) is 9.52 Å². The second-order valence-corrected chi connectivity index (χ2v) is 4.12. The maximum atomic E-state index is 10.5. The van der Waals surface area contributed by atoms with Gasteiger partial charge in [-0.3, -0.25) is 0 Å². The third-order valence-electron chi connectivity index (χ3n) is 2.81. The molecule has 0 aliphatic heterocycles. The summed E-state index contributed by atoms with van der Waals surface area (Å²) in [5.41, 5.74) is 2.33. The Bertz CT molecular complexity index is 805. The van der Waals surface area contributed by atoms with E-state index >= 15 is 0 Å². The molecule has 0 amide bonds. The summed E-state index contributed by atoms with van der Waals surface area (Å²) in [5, 5.41) is 9.57. The van der Waals surface area contributed by atoms with Crippen molar-refractivity contribution in [2.45, 2.75) is 0 Å². The minimum Gasteiger partial charge on any atom is -0.478 e. The molecule has 3 rings (SSSR count). The van der Waals surface area contributed by atoms with Crippen LogP contribution in [-0.2, 0) is 4.79 Å². The van der Waals surface area contributed by atoms with Crippen molar-refractivity contribution in [2.75, 3.05) is 0 Å². The molecule has 0 unspecified atom stereocenters. The standard InChI is InChI=1S/C15H10N2O3/c18-15(19)6-5-14-16-8-7-12(17-14)11-9-20-13-4-2-1-3-10(11)13/h1-9H,(H,18,19)/b6-5+. The Kier molecular flexibility index (Phi) is 3.01. The Labute approximate surface area is 114 Å². The van der Waals surface area contributed by atoms with Crippen LogP contribution in [0.5, 0.6) is 0 Å². The van der Waals surface area contributed by atoms with Crippen LogP contribution in [0.2, 0.25) is 0 Å². The summed E-state index contributed by atoms with van der Waals surface area (Å²) in [6, 6.07) is 9.41. The van der Waals surface area contributed by atoms with Crippen molar-refractivity contribution in [3.8, 4) is 11.3 Å². The number of hydrogen-bond donors (Lipinski definition) is 1. The van der Waals surface area contributed by atoms with Crippen molar-refractivity contribution < 1.29 is 14.3 Å². The number of carboxylic acids is 1. The Morgan fingerprint density at radius 2 is 2.10 bits per heavy atom. The van der Waals surface area contributed by atoms with Crippen molar-refractivity contribution in [2.24, 2.45) is 0 Å². The number of aromatic nitrogens is 2. The van der Waals surface area contributed by atoms with Crippen molar-refractivity contribution >= 4 is 23.0 Å². The summed E-state index contributed by atoms with van der Waals surface area (Å²) in [7, 11) is 0. The van der Waals surface area contributed by atoms with Crippen LogP contribution in [0.3, 0.4) is 0 Å². The Hall–Kier alpha value is -2.95. The first-order valence-electron chi connectivity index (χ1n) is 5.95. The largest absolute Gasteiger partial charge is 0.478 e. The normalized spacial score (nSPS) is 11.2. The summed E-state index contributed by atoms with van der Waals surface area (Å²) < 4.78 is 5.47. The van der Waals surface area contributed by atoms with Crippen LogP contribution in [0.15, 0.2) is 53.3 Å². The summed E-state index contributed by atoms with van der Waals surface area (Å²) in [6.07, 6.45) is 5.59. The first-order valence-corrected chi connectivity index (χ1v) is 5.95. The van der Waals surface area contributed by atoms with Crippen LogP contribution < -0.4 is 0 Å². The SMILES string of the molecule is O=C(O)/C=C/c1nccc(-c2coc3ccccc23)n1. The number of furan rings is 1. The smallest absolute Gasteiger partial charge is 0.328 e. The lowest BCUT2D eigenvalue weighted by atomic mass is 10.1. The molecule has 0 saturated heterocycles. The zero-order valence-corrected chi connectivity index (χ0v) is 10.4. The highest BCUT2D eigenvalue weighted by Gasteiger charge is 2.09. The van der Waals surface area contributed by atoms with Gasteiger partial charge in [0.15, 0.2) is 5.82 Å². The maximum Gasteiger partial charge on any atom is 0.328 e. The molecular formula is C15H10N2O3. The average Bonchev–Trinajstić information content (AvgIpc) is 2.89. The van der Waals surface area contributed by atoms with Gasteiger partial charge in [-0.15, -0.1) is 0 Å². The van der Waals surface area contributed by atoms with E-state index in [0.717, 1.165) is 22.6 Å². The van der Waals surface area contributed by atoms with Gasteiger partial charge in [0.1, 0.15) is 11.8 Å². The lowest BCUT2D eigenvalue weighted by Gasteiger charge is -1.98. The molecular weight excluding hydrogens is 256 g/mol. The van der Waals surface area contributed by atoms with Gasteiger partial charge in [-0.25, -0.2) is 14.8 Å². The number of carbonyl (C=O) groups is 1. The van der Waals surface area contributed by atoms with Crippen molar-refractivity contribution in [1.29, 1.82) is 0 Å². The van der Waals surface area contributed by atoms with E-state index < -0.39 is 5.97 Å². The molecule has 98 valence electrons. The highest BCUT2D eigenvalue weighted by Crippen LogP contribution is 2.28. The second kappa shape index (κ2) is 4.97. The van der Waals surface area contributed by atoms with Gasteiger partial charge in [0.25, 0.3) is 0 Å². The molecule has 0 spiro atoms. The molecule has 0 bridgehead atoms. The van der Waals surface area contributed by atoms with E-state index in [2.05, 4.69) is 9.97 Å². The number of hydrogen-bond acceptors (Lipinski definition) is 4. The number of benzene rings is 1. The Morgan fingerprint density at radius 1 is 1.25 bits per heavy atom. The third kappa shape index (κ3) is 2.29. The van der Waals surface area contributed by atoms with Crippen LogP contribution in [-0.4, -0.2) is 21.0 Å². The van der Waals surface area contributed by atoms with Crippen molar-refractivity contribution in [3.63, 3.8) is 0 Å². The summed E-state index contributed by atoms with van der Waals surface area (Å²) in [5.74, 6) is -0.692. The number of fused-ring (bicyclic) bond motifs is 1. The fourth-order valence-electron chi connectivity index (χ4n) is 1.93. The van der Waals surface area contributed by atoms with Crippen molar-refractivity contribution in [3.05, 3.63) is 54.7 Å². The Balaban J connectivity index is 2.06. The topological polar surface area (TPSA) is 76.2 Å². The molecule has 0 aliphatic rings. The van der Waals surface area contributed by atoms with Crippen LogP contribution in [0.25, 0.3) is 28.3 Å². The molecule has 0 radical (unpaired) electrons. The minimum atomic E-state index is -1.03. The zero-order chi connectivity index (χ0) is 13.9. The lowest BCUT2D eigenvalue weighted by molar-refractivity contribution is -0.131. The third-order valence-corrected chi connectivity index (χ3v) is 2.81. The van der Waals surface area contributed by atoms with Gasteiger partial charge in [0, 0.05) is 23.2 Å². The molecule has 20 heavy (non-hydrogen) atoms. The maximum absolute atomic E-state index is 10.5. The fraction of sp³-hybridized carbons (Fsp3) is 0. The van der Waals surface area contributed by atoms with Crippen LogP contribution in [0.4, 0.5) is 0 Å². The van der Waals surface area contributed by atoms with Gasteiger partial charge in [0.05, 0.1) is 5.69 Å². The average molecular weight is 266 g/mol. The molecule has 0 saturated carbocycles. The molecule has 5 heteroatoms. The number of aliphatic carboxylic acids is 1. The number of rotatable bonds is 3. The van der Waals surface area contributed by atoms with E-state index in [1.165, 1.54) is 6.08 Å². The van der Waals surface area contributed by atoms with E-state index in [-0.39, 0.29) is 0 Å². The quantitative estimate of drug-likeness (QED) is 0.737. The van der Waals surface area contributed by atoms with Crippen LogP contribution in [0.1, 0.15) is 5.82 Å². The predicted octanol–water partition coefficient (Wildman–Crippen LogP) is 2.99. The minimum absolute atomic E-state index is 0.343. The molecule has 1 N–H and O–H groups in total. The number of nitrogens with zero attached hydrogens (tertiary/aromatic N) is 2. The molecule has 1 aromatic carbocycles. The van der Waals surface area contributed by atoms with Gasteiger partial charge < -0.3 is 9.52 Å². The number of carboxylic acid groups (broad SMARTS) is 1. The highest BCUT2D eigenvalue weighted by atomic mass is 16.4. The van der Waals surface area contributed by atoms with Crippen molar-refractivity contribution in [1.82, 2.24) is 9.97 Å². The molecule has 0 fully saturated rings. The molecule has 2 aromatic heterocycles. The first-order chi connectivity index (χ1) is 9.74. The van der Waals surface area contributed by atoms with E-state index in [1.807, 2.05) is 24.3 Å². The zero-order valence-electron chi connectivity index (χ0n) is 10.4. The Morgan fingerprint density at radius 3 is 2.95 bits per heavy atom. The van der Waals surface area contributed by atoms with Gasteiger partial charge in [-0.1, -0.05) is 18.2 Å². The van der Waals surface area contributed by atoms with E-state index in [0.29, 0.717) is 11.5 Å². The molecule has 0 aliphatic carbocycles. The molecule has 3 aromatic rings. The monoisotopic (exact) mass is 266 g/mol. The van der Waals surface area contributed by atoms with Gasteiger partial charge in [-0.2, -0.15) is 0 Å². The number of para-hydroxylation sites is 1. The van der Waals surface area contributed by atoms with Gasteiger partial charge in [0.2, 0.25) is 0 Å². The van der Waals surface area contributed by atoms with Crippen LogP contribution >= 0.6 is 0 Å². The van der Waals surface area contributed by atoms with Gasteiger partial charge >= 0.3 is 5.97 Å². The summed E-state index contributed by atoms with van der Waals surface area (Å²) >= 11 is 0. The van der Waals surface area contributed by atoms with E-state index in [1.54, 1.807) is 18.5 Å². The first kappa shape index (κ1) is 12.1.